The fraction of sp³-hybridized carbons (Fsp3) is 0. The number of nitrogens with zero attached hydrogens (tertiary/aromatic N) is 1. The van der Waals surface area contributed by atoms with Crippen molar-refractivity contribution < 1.29 is 9.32 Å². The van der Waals surface area contributed by atoms with Crippen LogP contribution in [-0.4, -0.2) is 11.4 Å². The number of hydrogen-bond donors (Lipinski definition) is 0. The van der Waals surface area contributed by atoms with Crippen LogP contribution in [0.3, 0.4) is 0 Å². The molecule has 88 valence electrons. The van der Waals surface area contributed by atoms with Gasteiger partial charge in [-0.1, -0.05) is 45.4 Å². The number of hydrogen-bond acceptors (Lipinski definition) is 3. The second-order valence-corrected chi connectivity index (χ2v) is 4.70. The van der Waals surface area contributed by atoms with E-state index >= 15 is 0 Å². The number of rotatable bonds is 2. The Hall–Kier alpha value is -1.94. The largest absolute Gasteiger partial charge is 0.356 e. The Balaban J connectivity index is 2.36. The lowest BCUT2D eigenvalue weighted by molar-refractivity contribution is 0.112. The molecule has 0 bridgehead atoms. The molecule has 0 unspecified atom stereocenters. The van der Waals surface area contributed by atoms with Crippen LogP contribution in [0.4, 0.5) is 0 Å². The number of para-hydroxylation sites is 1. The van der Waals surface area contributed by atoms with Crippen molar-refractivity contribution in [3.05, 3.63) is 52.5 Å². The Labute approximate surface area is 112 Å². The van der Waals surface area contributed by atoms with Crippen LogP contribution < -0.4 is 0 Å². The minimum Gasteiger partial charge on any atom is -0.356 e. The first kappa shape index (κ1) is 11.2. The van der Waals surface area contributed by atoms with Crippen LogP contribution in [0.15, 0.2) is 51.5 Å². The zero-order chi connectivity index (χ0) is 12.5. The maximum atomic E-state index is 11.1. The highest BCUT2D eigenvalue weighted by Crippen LogP contribution is 2.34. The summed E-state index contributed by atoms with van der Waals surface area (Å²) < 4.78 is 6.10. The molecule has 3 aromatic rings. The molecule has 2 aromatic carbocycles. The van der Waals surface area contributed by atoms with Crippen molar-refractivity contribution in [3.8, 4) is 11.3 Å². The van der Waals surface area contributed by atoms with Crippen LogP contribution in [0.1, 0.15) is 10.4 Å². The second-order valence-electron chi connectivity index (χ2n) is 3.85. The highest BCUT2D eigenvalue weighted by atomic mass is 79.9. The molecule has 0 radical (unpaired) electrons. The summed E-state index contributed by atoms with van der Waals surface area (Å²) in [6.45, 7) is 0. The van der Waals surface area contributed by atoms with Gasteiger partial charge in [0, 0.05) is 21.0 Å². The van der Waals surface area contributed by atoms with Crippen molar-refractivity contribution in [1.82, 2.24) is 5.16 Å². The van der Waals surface area contributed by atoms with Crippen LogP contribution in [0, 0.1) is 0 Å². The summed E-state index contributed by atoms with van der Waals surface area (Å²) in [5, 5.41) is 4.97. The first-order valence-corrected chi connectivity index (χ1v) is 6.19. The minimum absolute atomic E-state index is 0.587. The van der Waals surface area contributed by atoms with Gasteiger partial charge in [0.05, 0.1) is 0 Å². The molecule has 4 heteroatoms. The average molecular weight is 302 g/mol. The van der Waals surface area contributed by atoms with E-state index in [1.165, 1.54) is 0 Å². The van der Waals surface area contributed by atoms with E-state index < -0.39 is 0 Å². The molecule has 0 fully saturated rings. The molecule has 0 aliphatic heterocycles. The summed E-state index contributed by atoms with van der Waals surface area (Å²) in [7, 11) is 0. The maximum Gasteiger partial charge on any atom is 0.167 e. The van der Waals surface area contributed by atoms with E-state index in [1.807, 2.05) is 36.4 Å². The van der Waals surface area contributed by atoms with Crippen LogP contribution in [0.5, 0.6) is 0 Å². The van der Waals surface area contributed by atoms with Gasteiger partial charge in [0.25, 0.3) is 0 Å². The summed E-state index contributed by atoms with van der Waals surface area (Å²) in [6, 6.07) is 13.0. The van der Waals surface area contributed by atoms with E-state index in [4.69, 9.17) is 4.52 Å². The highest BCUT2D eigenvalue weighted by molar-refractivity contribution is 9.10. The van der Waals surface area contributed by atoms with Crippen molar-refractivity contribution in [2.24, 2.45) is 0 Å². The summed E-state index contributed by atoms with van der Waals surface area (Å²) in [4.78, 5) is 11.1. The molecule has 0 aliphatic carbocycles. The predicted molar refractivity (Wildman–Crippen MR) is 72.5 cm³/mol. The molecule has 0 atom stereocenters. The van der Waals surface area contributed by atoms with E-state index in [9.17, 15) is 4.79 Å². The van der Waals surface area contributed by atoms with Gasteiger partial charge in [-0.15, -0.1) is 0 Å². The average Bonchev–Trinajstić information content (AvgIpc) is 2.82. The molecule has 0 spiro atoms. The molecular formula is C14H8BrNO2. The van der Waals surface area contributed by atoms with Crippen molar-refractivity contribution in [2.75, 3.05) is 0 Å². The monoisotopic (exact) mass is 301 g/mol. The predicted octanol–water partition coefficient (Wildman–Crippen LogP) is 4.07. The van der Waals surface area contributed by atoms with Gasteiger partial charge in [-0.25, -0.2) is 0 Å². The van der Waals surface area contributed by atoms with Gasteiger partial charge in [0.1, 0.15) is 5.69 Å². The smallest absolute Gasteiger partial charge is 0.167 e. The zero-order valence-electron chi connectivity index (χ0n) is 9.26. The Bertz CT molecular complexity index is 733. The molecule has 3 nitrogen and oxygen atoms in total. The van der Waals surface area contributed by atoms with E-state index in [0.29, 0.717) is 16.8 Å². The molecular weight excluding hydrogens is 294 g/mol. The number of carbonyl (C=O) groups excluding carboxylic acids is 1. The number of benzene rings is 2. The second kappa shape index (κ2) is 4.38. The number of aromatic nitrogens is 1. The topological polar surface area (TPSA) is 43.1 Å². The van der Waals surface area contributed by atoms with Crippen molar-refractivity contribution in [1.29, 1.82) is 0 Å². The number of halogens is 1. The third kappa shape index (κ3) is 1.66. The molecule has 0 saturated carbocycles. The standard InChI is InChI=1S/C14H8BrNO2/c15-11-6-3-4-9(8-17)13(11)14-10-5-1-2-7-12(10)18-16-14/h1-8H. The Morgan fingerprint density at radius 3 is 2.78 bits per heavy atom. The number of fused-ring (bicyclic) bond motifs is 1. The van der Waals surface area contributed by atoms with Crippen molar-refractivity contribution in [3.63, 3.8) is 0 Å². The lowest BCUT2D eigenvalue weighted by Crippen LogP contribution is -1.89. The SMILES string of the molecule is O=Cc1cccc(Br)c1-c1noc2ccccc12. The maximum absolute atomic E-state index is 11.1. The molecule has 1 aromatic heterocycles. The van der Waals surface area contributed by atoms with Crippen LogP contribution >= 0.6 is 15.9 Å². The molecule has 0 aliphatic rings. The van der Waals surface area contributed by atoms with E-state index in [0.717, 1.165) is 21.7 Å². The Morgan fingerprint density at radius 1 is 1.11 bits per heavy atom. The zero-order valence-corrected chi connectivity index (χ0v) is 10.8. The van der Waals surface area contributed by atoms with E-state index in [1.54, 1.807) is 6.07 Å². The number of aldehydes is 1. The Kier molecular flexibility index (Phi) is 2.72. The van der Waals surface area contributed by atoms with Gasteiger partial charge in [0.2, 0.25) is 0 Å². The minimum atomic E-state index is 0.587. The van der Waals surface area contributed by atoms with Crippen molar-refractivity contribution >= 4 is 33.2 Å². The van der Waals surface area contributed by atoms with E-state index in [2.05, 4.69) is 21.1 Å². The molecule has 0 amide bonds. The lowest BCUT2D eigenvalue weighted by atomic mass is 10.0. The highest BCUT2D eigenvalue weighted by Gasteiger charge is 2.15. The van der Waals surface area contributed by atoms with Gasteiger partial charge in [0.15, 0.2) is 11.9 Å². The van der Waals surface area contributed by atoms with Crippen molar-refractivity contribution in [2.45, 2.75) is 0 Å². The summed E-state index contributed by atoms with van der Waals surface area (Å²) in [6.07, 6.45) is 0.823. The third-order valence-corrected chi connectivity index (χ3v) is 3.45. The van der Waals surface area contributed by atoms with E-state index in [-0.39, 0.29) is 0 Å². The summed E-state index contributed by atoms with van der Waals surface area (Å²) in [5.74, 6) is 0. The van der Waals surface area contributed by atoms with Gasteiger partial charge < -0.3 is 4.52 Å². The van der Waals surface area contributed by atoms with Crippen LogP contribution in [0.25, 0.3) is 22.2 Å². The third-order valence-electron chi connectivity index (χ3n) is 2.79. The van der Waals surface area contributed by atoms with Crippen LogP contribution in [-0.2, 0) is 0 Å². The van der Waals surface area contributed by atoms with Gasteiger partial charge in [-0.05, 0) is 18.2 Å². The normalized spacial score (nSPS) is 10.7. The lowest BCUT2D eigenvalue weighted by Gasteiger charge is -2.04. The quantitative estimate of drug-likeness (QED) is 0.670. The molecule has 18 heavy (non-hydrogen) atoms. The van der Waals surface area contributed by atoms with Crippen LogP contribution in [0.2, 0.25) is 0 Å². The van der Waals surface area contributed by atoms with Gasteiger partial charge in [-0.2, -0.15) is 0 Å². The first-order valence-electron chi connectivity index (χ1n) is 5.40. The fourth-order valence-electron chi connectivity index (χ4n) is 1.96. The molecule has 3 rings (SSSR count). The summed E-state index contributed by atoms with van der Waals surface area (Å²) >= 11 is 3.45. The number of carbonyl (C=O) groups is 1. The summed E-state index contributed by atoms with van der Waals surface area (Å²) in [5.41, 5.74) is 2.74. The first-order chi connectivity index (χ1) is 8.81. The molecule has 0 N–H and O–H groups in total. The van der Waals surface area contributed by atoms with Gasteiger partial charge >= 0.3 is 0 Å². The molecule has 0 saturated heterocycles. The fourth-order valence-corrected chi connectivity index (χ4v) is 2.52. The van der Waals surface area contributed by atoms with Gasteiger partial charge in [-0.3, -0.25) is 4.79 Å². The molecule has 1 heterocycles. The Morgan fingerprint density at radius 2 is 1.94 bits per heavy atom.